The number of nitrogens with two attached hydrogens (primary N) is 2. The van der Waals surface area contributed by atoms with Gasteiger partial charge in [0.1, 0.15) is 16.2 Å². The lowest BCUT2D eigenvalue weighted by molar-refractivity contribution is -0.125. The van der Waals surface area contributed by atoms with Crippen LogP contribution in [0.1, 0.15) is 63.1 Å². The number of thioether (sulfide) groups is 1. The van der Waals surface area contributed by atoms with Gasteiger partial charge in [-0.3, -0.25) is 4.79 Å². The summed E-state index contributed by atoms with van der Waals surface area (Å²) in [6.07, 6.45) is 6.74. The molecule has 0 aromatic carbocycles. The SMILES string of the molecule is CC(C)(C)c1cnc(CSc2cnc(C3(C(N)=O)CCCC(N)C3)s2)o1.Cl. The predicted octanol–water partition coefficient (Wildman–Crippen LogP) is 3.77. The van der Waals surface area contributed by atoms with Gasteiger partial charge in [-0.1, -0.05) is 27.2 Å². The number of amides is 1. The maximum atomic E-state index is 12.2. The van der Waals surface area contributed by atoms with Crippen molar-refractivity contribution < 1.29 is 9.21 Å². The first-order valence-electron chi connectivity index (χ1n) is 8.80. The highest BCUT2D eigenvalue weighted by molar-refractivity contribution is 8.00. The Hall–Kier alpha value is -1.09. The van der Waals surface area contributed by atoms with Gasteiger partial charge in [0.15, 0.2) is 0 Å². The van der Waals surface area contributed by atoms with Crippen LogP contribution in [-0.2, 0) is 21.4 Å². The smallest absolute Gasteiger partial charge is 0.230 e. The number of hydrogen-bond donors (Lipinski definition) is 2. The summed E-state index contributed by atoms with van der Waals surface area (Å²) < 4.78 is 6.85. The molecule has 4 N–H and O–H groups in total. The Morgan fingerprint density at radius 2 is 2.15 bits per heavy atom. The number of nitrogens with zero attached hydrogens (tertiary/aromatic N) is 2. The summed E-state index contributed by atoms with van der Waals surface area (Å²) in [4.78, 5) is 21.1. The Morgan fingerprint density at radius 3 is 2.74 bits per heavy atom. The number of hydrogen-bond acceptors (Lipinski definition) is 7. The number of rotatable bonds is 5. The zero-order chi connectivity index (χ0) is 18.9. The predicted molar refractivity (Wildman–Crippen MR) is 111 cm³/mol. The molecule has 27 heavy (non-hydrogen) atoms. The van der Waals surface area contributed by atoms with Crippen molar-refractivity contribution in [2.24, 2.45) is 11.5 Å². The van der Waals surface area contributed by atoms with Crippen LogP contribution in [0.5, 0.6) is 0 Å². The lowest BCUT2D eigenvalue weighted by atomic mass is 9.72. The van der Waals surface area contributed by atoms with Crippen LogP contribution in [0.3, 0.4) is 0 Å². The number of primary amides is 1. The van der Waals surface area contributed by atoms with E-state index in [1.807, 2.05) is 6.20 Å². The number of halogens is 1. The number of thiazole rings is 1. The average molecular weight is 431 g/mol. The van der Waals surface area contributed by atoms with Gasteiger partial charge in [-0.15, -0.1) is 35.5 Å². The van der Waals surface area contributed by atoms with E-state index in [4.69, 9.17) is 15.9 Å². The van der Waals surface area contributed by atoms with Crippen molar-refractivity contribution in [2.75, 3.05) is 0 Å². The van der Waals surface area contributed by atoms with Gasteiger partial charge in [0, 0.05) is 11.5 Å². The Bertz CT molecular complexity index is 786. The van der Waals surface area contributed by atoms with Gasteiger partial charge in [-0.05, 0) is 19.3 Å². The molecule has 2 heterocycles. The molecule has 1 aliphatic rings. The van der Waals surface area contributed by atoms with Gasteiger partial charge in [0.05, 0.1) is 22.4 Å². The number of carbonyl (C=O) groups excluding carboxylic acids is 1. The van der Waals surface area contributed by atoms with Crippen LogP contribution >= 0.6 is 35.5 Å². The van der Waals surface area contributed by atoms with Gasteiger partial charge in [0.2, 0.25) is 11.8 Å². The lowest BCUT2D eigenvalue weighted by Gasteiger charge is -2.35. The summed E-state index contributed by atoms with van der Waals surface area (Å²) >= 11 is 3.14. The monoisotopic (exact) mass is 430 g/mol. The molecule has 2 unspecified atom stereocenters. The first kappa shape index (κ1) is 22.2. The van der Waals surface area contributed by atoms with Crippen molar-refractivity contribution in [1.29, 1.82) is 0 Å². The third-order valence-electron chi connectivity index (χ3n) is 4.79. The minimum Gasteiger partial charge on any atom is -0.444 e. The number of carbonyl (C=O) groups is 1. The van der Waals surface area contributed by atoms with Crippen LogP contribution in [0.4, 0.5) is 0 Å². The van der Waals surface area contributed by atoms with Gasteiger partial charge >= 0.3 is 0 Å². The maximum Gasteiger partial charge on any atom is 0.230 e. The Balaban J connectivity index is 0.00000261. The van der Waals surface area contributed by atoms with Crippen molar-refractivity contribution in [3.63, 3.8) is 0 Å². The molecule has 1 saturated carbocycles. The lowest BCUT2D eigenvalue weighted by Crippen LogP contribution is -2.48. The molecule has 9 heteroatoms. The molecule has 0 bridgehead atoms. The highest BCUT2D eigenvalue weighted by Crippen LogP contribution is 2.42. The van der Waals surface area contributed by atoms with E-state index >= 15 is 0 Å². The van der Waals surface area contributed by atoms with Crippen LogP contribution in [0.25, 0.3) is 0 Å². The van der Waals surface area contributed by atoms with Crippen molar-refractivity contribution in [2.45, 2.75) is 73.3 Å². The van der Waals surface area contributed by atoms with Crippen molar-refractivity contribution >= 4 is 41.4 Å². The maximum absolute atomic E-state index is 12.2. The molecule has 2 aromatic heterocycles. The third-order valence-corrected chi connectivity index (χ3v) is 7.17. The van der Waals surface area contributed by atoms with Crippen molar-refractivity contribution in [3.05, 3.63) is 29.1 Å². The largest absolute Gasteiger partial charge is 0.444 e. The van der Waals surface area contributed by atoms with E-state index in [-0.39, 0.29) is 29.8 Å². The fourth-order valence-electron chi connectivity index (χ4n) is 3.25. The second kappa shape index (κ2) is 8.51. The fourth-order valence-corrected chi connectivity index (χ4v) is 5.30. The van der Waals surface area contributed by atoms with E-state index in [1.54, 1.807) is 18.0 Å². The van der Waals surface area contributed by atoms with Crippen LogP contribution < -0.4 is 11.5 Å². The van der Waals surface area contributed by atoms with E-state index in [9.17, 15) is 4.79 Å². The van der Waals surface area contributed by atoms with Gasteiger partial charge in [-0.25, -0.2) is 9.97 Å². The first-order chi connectivity index (χ1) is 12.2. The Morgan fingerprint density at radius 1 is 1.41 bits per heavy atom. The van der Waals surface area contributed by atoms with Gasteiger partial charge < -0.3 is 15.9 Å². The molecular weight excluding hydrogens is 404 g/mol. The average Bonchev–Trinajstić information content (AvgIpc) is 3.22. The molecule has 2 atom stereocenters. The van der Waals surface area contributed by atoms with E-state index < -0.39 is 5.41 Å². The normalized spacial score (nSPS) is 23.0. The zero-order valence-electron chi connectivity index (χ0n) is 15.9. The second-order valence-electron chi connectivity index (χ2n) is 7.94. The molecule has 150 valence electrons. The molecule has 6 nitrogen and oxygen atoms in total. The first-order valence-corrected chi connectivity index (χ1v) is 10.6. The topological polar surface area (TPSA) is 108 Å². The van der Waals surface area contributed by atoms with E-state index in [2.05, 4.69) is 30.7 Å². The van der Waals surface area contributed by atoms with E-state index in [1.165, 1.54) is 11.3 Å². The minimum atomic E-state index is -0.719. The fraction of sp³-hybridized carbons (Fsp3) is 0.611. The molecule has 0 radical (unpaired) electrons. The molecule has 3 rings (SSSR count). The van der Waals surface area contributed by atoms with Crippen molar-refractivity contribution in [1.82, 2.24) is 9.97 Å². The molecule has 0 saturated heterocycles. The van der Waals surface area contributed by atoms with Crippen LogP contribution in [0.15, 0.2) is 21.0 Å². The molecule has 1 amide bonds. The summed E-state index contributed by atoms with van der Waals surface area (Å²) in [5, 5.41) is 0.783. The van der Waals surface area contributed by atoms with E-state index in [0.717, 1.165) is 34.2 Å². The zero-order valence-corrected chi connectivity index (χ0v) is 18.3. The van der Waals surface area contributed by atoms with Gasteiger partial charge in [-0.2, -0.15) is 0 Å². The van der Waals surface area contributed by atoms with Crippen molar-refractivity contribution in [3.8, 4) is 0 Å². The Labute approximate surface area is 174 Å². The van der Waals surface area contributed by atoms with Gasteiger partial charge in [0.25, 0.3) is 0 Å². The van der Waals surface area contributed by atoms with E-state index in [0.29, 0.717) is 18.1 Å². The minimum absolute atomic E-state index is 0. The molecule has 2 aromatic rings. The number of aromatic nitrogens is 2. The Kier molecular flexibility index (Phi) is 7.00. The quantitative estimate of drug-likeness (QED) is 0.699. The van der Waals surface area contributed by atoms with Crippen LogP contribution in [0, 0.1) is 0 Å². The molecule has 1 aliphatic carbocycles. The summed E-state index contributed by atoms with van der Waals surface area (Å²) in [5.74, 6) is 1.88. The summed E-state index contributed by atoms with van der Waals surface area (Å²) in [6, 6.07) is -0.000564. The summed E-state index contributed by atoms with van der Waals surface area (Å²) in [5.41, 5.74) is 11.1. The second-order valence-corrected chi connectivity index (χ2v) is 10.3. The molecule has 0 aliphatic heterocycles. The third kappa shape index (κ3) is 4.85. The molecule has 0 spiro atoms. The highest BCUT2D eigenvalue weighted by Gasteiger charge is 2.44. The van der Waals surface area contributed by atoms with Crippen LogP contribution in [0.2, 0.25) is 0 Å². The molecular formula is C18H27ClN4O2S2. The standard InChI is InChI=1S/C18H26N4O2S2.ClH/c1-17(2,3)12-8-21-13(24-12)10-25-14-9-22-16(26-14)18(15(20)23)6-4-5-11(19)7-18;/h8-9,11H,4-7,10,19H2,1-3H3,(H2,20,23);1H. The highest BCUT2D eigenvalue weighted by atomic mass is 35.5. The summed E-state index contributed by atoms with van der Waals surface area (Å²) in [7, 11) is 0. The summed E-state index contributed by atoms with van der Waals surface area (Å²) in [6.45, 7) is 6.29. The molecule has 1 fully saturated rings. The number of oxazole rings is 1. The van der Waals surface area contributed by atoms with Crippen LogP contribution in [-0.4, -0.2) is 21.9 Å².